The van der Waals surface area contributed by atoms with E-state index >= 15 is 0 Å². The molecule has 0 saturated carbocycles. The lowest BCUT2D eigenvalue weighted by atomic mass is 9.96. The molecule has 0 aromatic carbocycles. The van der Waals surface area contributed by atoms with Crippen LogP contribution in [0.4, 0.5) is 0 Å². The van der Waals surface area contributed by atoms with Crippen LogP contribution in [0.3, 0.4) is 0 Å². The zero-order chi connectivity index (χ0) is 13.8. The number of aromatic nitrogens is 1. The first-order valence-electron chi connectivity index (χ1n) is 6.18. The molecule has 1 amide bonds. The van der Waals surface area contributed by atoms with Crippen LogP contribution in [-0.2, 0) is 9.53 Å². The molecule has 6 heteroatoms. The van der Waals surface area contributed by atoms with Crippen LogP contribution in [0.2, 0.25) is 0 Å². The summed E-state index contributed by atoms with van der Waals surface area (Å²) < 4.78 is 5.17. The van der Waals surface area contributed by atoms with Crippen molar-refractivity contribution in [1.82, 2.24) is 9.88 Å². The van der Waals surface area contributed by atoms with E-state index in [1.54, 1.807) is 23.2 Å². The first-order chi connectivity index (χ1) is 9.13. The summed E-state index contributed by atoms with van der Waals surface area (Å²) in [6, 6.07) is 3.47. The van der Waals surface area contributed by atoms with E-state index in [9.17, 15) is 9.59 Å². The number of pyridine rings is 1. The molecular weight excluding hydrogens is 264 g/mol. The highest BCUT2D eigenvalue weighted by Crippen LogP contribution is 2.20. The number of aromatic amines is 1. The smallest absolute Gasteiger partial charge is 0.308 e. The molecule has 0 unspecified atom stereocenters. The standard InChI is InChI=1S/C13H16N2O3S/c1-18-13(17)9-4-7-15(8-5-9)12(16)10-3-2-6-14-11(10)19/h2-3,6,9H,4-5,7-8H2,1H3,(H,14,19). The number of methoxy groups -OCH3 is 1. The van der Waals surface area contributed by atoms with Crippen LogP contribution in [0.25, 0.3) is 0 Å². The van der Waals surface area contributed by atoms with Crippen LogP contribution in [0.1, 0.15) is 23.2 Å². The number of nitrogens with one attached hydrogen (secondary N) is 1. The molecule has 1 aromatic rings. The first kappa shape index (κ1) is 13.7. The summed E-state index contributed by atoms with van der Waals surface area (Å²) in [6.07, 6.45) is 2.98. The average molecular weight is 280 g/mol. The van der Waals surface area contributed by atoms with Crippen molar-refractivity contribution in [2.24, 2.45) is 5.92 Å². The van der Waals surface area contributed by atoms with E-state index in [-0.39, 0.29) is 17.8 Å². The van der Waals surface area contributed by atoms with E-state index in [0.29, 0.717) is 36.1 Å². The quantitative estimate of drug-likeness (QED) is 0.662. The molecule has 1 aliphatic heterocycles. The minimum Gasteiger partial charge on any atom is -0.469 e. The number of hydrogen-bond acceptors (Lipinski definition) is 4. The van der Waals surface area contributed by atoms with Crippen molar-refractivity contribution in [1.29, 1.82) is 0 Å². The van der Waals surface area contributed by atoms with Crippen LogP contribution < -0.4 is 0 Å². The number of nitrogens with zero attached hydrogens (tertiary/aromatic N) is 1. The monoisotopic (exact) mass is 280 g/mol. The Morgan fingerprint density at radius 2 is 2.11 bits per heavy atom. The van der Waals surface area contributed by atoms with Gasteiger partial charge in [-0.25, -0.2) is 0 Å². The zero-order valence-electron chi connectivity index (χ0n) is 10.7. The number of ether oxygens (including phenoxy) is 1. The molecule has 1 saturated heterocycles. The van der Waals surface area contributed by atoms with Crippen molar-refractivity contribution in [3.05, 3.63) is 28.5 Å². The summed E-state index contributed by atoms with van der Waals surface area (Å²) in [5.74, 6) is -0.367. The summed E-state index contributed by atoms with van der Waals surface area (Å²) in [7, 11) is 1.39. The Bertz CT molecular complexity index is 533. The van der Waals surface area contributed by atoms with Crippen LogP contribution in [0.5, 0.6) is 0 Å². The molecule has 0 aliphatic carbocycles. The third-order valence-electron chi connectivity index (χ3n) is 3.37. The van der Waals surface area contributed by atoms with Crippen molar-refractivity contribution >= 4 is 24.1 Å². The normalized spacial score (nSPS) is 16.2. The number of piperidine rings is 1. The third-order valence-corrected chi connectivity index (χ3v) is 3.70. The predicted molar refractivity (Wildman–Crippen MR) is 72.3 cm³/mol. The van der Waals surface area contributed by atoms with Crippen LogP contribution in [-0.4, -0.2) is 42.0 Å². The molecule has 0 spiro atoms. The number of esters is 1. The highest BCUT2D eigenvalue weighted by molar-refractivity contribution is 7.71. The SMILES string of the molecule is COC(=O)C1CCN(C(=O)c2ccc[nH]c2=S)CC1. The fourth-order valence-corrected chi connectivity index (χ4v) is 2.47. The van der Waals surface area contributed by atoms with Gasteiger partial charge in [0.25, 0.3) is 5.91 Å². The van der Waals surface area contributed by atoms with Gasteiger partial charge in [-0.15, -0.1) is 0 Å². The highest BCUT2D eigenvalue weighted by Gasteiger charge is 2.28. The van der Waals surface area contributed by atoms with Gasteiger partial charge in [0, 0.05) is 19.3 Å². The molecular formula is C13H16N2O3S. The third kappa shape index (κ3) is 3.01. The Morgan fingerprint density at radius 1 is 1.42 bits per heavy atom. The van der Waals surface area contributed by atoms with Gasteiger partial charge in [-0.1, -0.05) is 12.2 Å². The van der Waals surface area contributed by atoms with Crippen LogP contribution in [0.15, 0.2) is 18.3 Å². The van der Waals surface area contributed by atoms with Crippen molar-refractivity contribution in [2.75, 3.05) is 20.2 Å². The van der Waals surface area contributed by atoms with E-state index in [1.807, 2.05) is 0 Å². The number of rotatable bonds is 2. The number of H-pyrrole nitrogens is 1. The lowest BCUT2D eigenvalue weighted by molar-refractivity contribution is -0.146. The summed E-state index contributed by atoms with van der Waals surface area (Å²) in [6.45, 7) is 1.12. The topological polar surface area (TPSA) is 62.4 Å². The van der Waals surface area contributed by atoms with Gasteiger partial charge in [0.1, 0.15) is 4.64 Å². The van der Waals surface area contributed by atoms with Crippen molar-refractivity contribution in [3.8, 4) is 0 Å². The van der Waals surface area contributed by atoms with Crippen molar-refractivity contribution in [2.45, 2.75) is 12.8 Å². The second-order valence-corrected chi connectivity index (χ2v) is 4.91. The van der Waals surface area contributed by atoms with Gasteiger partial charge in [-0.05, 0) is 25.0 Å². The molecule has 0 radical (unpaired) electrons. The Balaban J connectivity index is 2.02. The fraction of sp³-hybridized carbons (Fsp3) is 0.462. The number of likely N-dealkylation sites (tertiary alicyclic amines) is 1. The second-order valence-electron chi connectivity index (χ2n) is 4.50. The molecule has 1 N–H and O–H groups in total. The van der Waals surface area contributed by atoms with Crippen LogP contribution in [0, 0.1) is 10.6 Å². The van der Waals surface area contributed by atoms with Crippen molar-refractivity contribution in [3.63, 3.8) is 0 Å². The van der Waals surface area contributed by atoms with Gasteiger partial charge in [0.15, 0.2) is 0 Å². The van der Waals surface area contributed by atoms with Gasteiger partial charge in [0.05, 0.1) is 18.6 Å². The number of hydrogen-bond donors (Lipinski definition) is 1. The maximum Gasteiger partial charge on any atom is 0.308 e. The molecule has 2 heterocycles. The Hall–Kier alpha value is -1.69. The molecule has 0 bridgehead atoms. The minimum atomic E-state index is -0.191. The van der Waals surface area contributed by atoms with Gasteiger partial charge in [0.2, 0.25) is 0 Å². The zero-order valence-corrected chi connectivity index (χ0v) is 11.5. The van der Waals surface area contributed by atoms with E-state index < -0.39 is 0 Å². The van der Waals surface area contributed by atoms with Gasteiger partial charge >= 0.3 is 5.97 Å². The lowest BCUT2D eigenvalue weighted by Gasteiger charge is -2.30. The van der Waals surface area contributed by atoms with E-state index in [2.05, 4.69) is 4.98 Å². The Labute approximate surface area is 116 Å². The number of carbonyl (C=O) groups excluding carboxylic acids is 2. The van der Waals surface area contributed by atoms with Gasteiger partial charge in [-0.2, -0.15) is 0 Å². The molecule has 19 heavy (non-hydrogen) atoms. The Kier molecular flexibility index (Phi) is 4.31. The molecule has 2 rings (SSSR count). The average Bonchev–Trinajstić information content (AvgIpc) is 2.46. The molecule has 5 nitrogen and oxygen atoms in total. The second kappa shape index (κ2) is 5.97. The fourth-order valence-electron chi connectivity index (χ4n) is 2.25. The van der Waals surface area contributed by atoms with E-state index in [1.165, 1.54) is 7.11 Å². The van der Waals surface area contributed by atoms with Gasteiger partial charge in [-0.3, -0.25) is 9.59 Å². The van der Waals surface area contributed by atoms with E-state index in [4.69, 9.17) is 17.0 Å². The molecule has 1 aromatic heterocycles. The van der Waals surface area contributed by atoms with Gasteiger partial charge < -0.3 is 14.6 Å². The summed E-state index contributed by atoms with van der Waals surface area (Å²) >= 11 is 5.10. The largest absolute Gasteiger partial charge is 0.469 e. The molecule has 1 aliphatic rings. The van der Waals surface area contributed by atoms with Crippen molar-refractivity contribution < 1.29 is 14.3 Å². The number of carbonyl (C=O) groups is 2. The summed E-state index contributed by atoms with van der Waals surface area (Å²) in [5.41, 5.74) is 0.508. The minimum absolute atomic E-state index is 0.0786. The first-order valence-corrected chi connectivity index (χ1v) is 6.59. The number of amides is 1. The maximum atomic E-state index is 12.3. The predicted octanol–water partition coefficient (Wildman–Crippen LogP) is 1.77. The molecule has 102 valence electrons. The molecule has 0 atom stereocenters. The lowest BCUT2D eigenvalue weighted by Crippen LogP contribution is -2.40. The van der Waals surface area contributed by atoms with E-state index in [0.717, 1.165) is 0 Å². The summed E-state index contributed by atoms with van der Waals surface area (Å²) in [5, 5.41) is 0. The molecule has 1 fully saturated rings. The van der Waals surface area contributed by atoms with Crippen LogP contribution >= 0.6 is 12.2 Å². The Morgan fingerprint density at radius 3 is 2.68 bits per heavy atom. The summed E-state index contributed by atoms with van der Waals surface area (Å²) in [4.78, 5) is 28.3. The highest BCUT2D eigenvalue weighted by atomic mass is 32.1. The maximum absolute atomic E-state index is 12.3.